The summed E-state index contributed by atoms with van der Waals surface area (Å²) >= 11 is 0. The van der Waals surface area contributed by atoms with Crippen molar-refractivity contribution in [1.82, 2.24) is 4.90 Å². The standard InChI is InChI=1S/C15H19NO3/c1-3-4-5-9-14(17)11-10-13-8-6-7-12-16(13)15(18)19-2/h6-8,12-13H,3-5,9H2,1-2H3/t13-/m1/s1. The highest BCUT2D eigenvalue weighted by Crippen LogP contribution is 2.09. The number of carbonyl (C=O) groups excluding carboxylic acids is 2. The summed E-state index contributed by atoms with van der Waals surface area (Å²) in [4.78, 5) is 24.4. The maximum Gasteiger partial charge on any atom is 0.414 e. The average Bonchev–Trinajstić information content (AvgIpc) is 2.45. The Morgan fingerprint density at radius 1 is 1.32 bits per heavy atom. The van der Waals surface area contributed by atoms with Gasteiger partial charge in [-0.2, -0.15) is 0 Å². The SMILES string of the molecule is CCCCCC(=O)C#C[C@H]1C=CC=CN1C(=O)OC. The van der Waals surface area contributed by atoms with E-state index in [2.05, 4.69) is 23.5 Å². The minimum Gasteiger partial charge on any atom is -0.452 e. The second-order valence-electron chi connectivity index (χ2n) is 4.20. The zero-order valence-electron chi connectivity index (χ0n) is 11.4. The van der Waals surface area contributed by atoms with E-state index in [1.807, 2.05) is 0 Å². The van der Waals surface area contributed by atoms with Gasteiger partial charge in [-0.3, -0.25) is 9.69 Å². The monoisotopic (exact) mass is 261 g/mol. The zero-order valence-corrected chi connectivity index (χ0v) is 11.4. The number of ketones is 1. The number of amides is 1. The van der Waals surface area contributed by atoms with Crippen LogP contribution >= 0.6 is 0 Å². The predicted molar refractivity (Wildman–Crippen MR) is 73.2 cm³/mol. The van der Waals surface area contributed by atoms with Crippen molar-refractivity contribution >= 4 is 11.9 Å². The third-order valence-corrected chi connectivity index (χ3v) is 2.70. The molecule has 0 N–H and O–H groups in total. The number of Topliss-reactive ketones (excluding diaryl/α,β-unsaturated/α-hetero) is 1. The van der Waals surface area contributed by atoms with Crippen molar-refractivity contribution in [3.63, 3.8) is 0 Å². The van der Waals surface area contributed by atoms with E-state index in [0.717, 1.165) is 19.3 Å². The van der Waals surface area contributed by atoms with Gasteiger partial charge >= 0.3 is 6.09 Å². The van der Waals surface area contributed by atoms with Gasteiger partial charge in [0.15, 0.2) is 0 Å². The average molecular weight is 261 g/mol. The second-order valence-corrected chi connectivity index (χ2v) is 4.20. The number of methoxy groups -OCH3 is 1. The van der Waals surface area contributed by atoms with Crippen LogP contribution < -0.4 is 0 Å². The Labute approximate surface area is 114 Å². The zero-order chi connectivity index (χ0) is 14.1. The molecular formula is C15H19NO3. The summed E-state index contributed by atoms with van der Waals surface area (Å²) < 4.78 is 4.66. The summed E-state index contributed by atoms with van der Waals surface area (Å²) in [5, 5.41) is 0. The first kappa shape index (κ1) is 15.0. The van der Waals surface area contributed by atoms with Crippen molar-refractivity contribution in [2.45, 2.75) is 38.6 Å². The minimum absolute atomic E-state index is 0.0822. The largest absolute Gasteiger partial charge is 0.452 e. The molecule has 4 nitrogen and oxygen atoms in total. The van der Waals surface area contributed by atoms with Crippen molar-refractivity contribution in [3.8, 4) is 11.8 Å². The molecule has 19 heavy (non-hydrogen) atoms. The van der Waals surface area contributed by atoms with Crippen LogP contribution in [-0.4, -0.2) is 29.9 Å². The van der Waals surface area contributed by atoms with Gasteiger partial charge in [-0.25, -0.2) is 4.79 Å². The van der Waals surface area contributed by atoms with E-state index in [1.54, 1.807) is 24.4 Å². The lowest BCUT2D eigenvalue weighted by Crippen LogP contribution is -2.35. The van der Waals surface area contributed by atoms with E-state index in [0.29, 0.717) is 6.42 Å². The third-order valence-electron chi connectivity index (χ3n) is 2.70. The van der Waals surface area contributed by atoms with Crippen LogP contribution in [0.2, 0.25) is 0 Å². The molecule has 1 atom stereocenters. The van der Waals surface area contributed by atoms with Gasteiger partial charge in [0.25, 0.3) is 0 Å². The van der Waals surface area contributed by atoms with Gasteiger partial charge in [0.05, 0.1) is 7.11 Å². The maximum atomic E-state index is 11.6. The third kappa shape index (κ3) is 5.01. The number of allylic oxidation sites excluding steroid dienone is 2. The Balaban J connectivity index is 2.59. The number of unbranched alkanes of at least 4 members (excludes halogenated alkanes) is 2. The molecule has 0 aromatic heterocycles. The second kappa shape index (κ2) is 8.15. The molecule has 0 spiro atoms. The van der Waals surface area contributed by atoms with Gasteiger partial charge in [0, 0.05) is 12.6 Å². The molecular weight excluding hydrogens is 242 g/mol. The van der Waals surface area contributed by atoms with Crippen LogP contribution in [0.3, 0.4) is 0 Å². The first-order valence-corrected chi connectivity index (χ1v) is 6.44. The van der Waals surface area contributed by atoms with Crippen molar-refractivity contribution in [1.29, 1.82) is 0 Å². The Hall–Kier alpha value is -2.02. The van der Waals surface area contributed by atoms with Gasteiger partial charge in [0.2, 0.25) is 5.78 Å². The Kier molecular flexibility index (Phi) is 6.45. The predicted octanol–water partition coefficient (Wildman–Crippen LogP) is 2.66. The summed E-state index contributed by atoms with van der Waals surface area (Å²) in [6.45, 7) is 2.09. The molecule has 0 saturated carbocycles. The molecule has 1 aliphatic heterocycles. The van der Waals surface area contributed by atoms with E-state index in [4.69, 9.17) is 0 Å². The highest BCUT2D eigenvalue weighted by atomic mass is 16.5. The molecule has 0 radical (unpaired) electrons. The topological polar surface area (TPSA) is 46.6 Å². The normalized spacial score (nSPS) is 16.7. The summed E-state index contributed by atoms with van der Waals surface area (Å²) in [6, 6.07) is -0.437. The Bertz CT molecular complexity index is 440. The van der Waals surface area contributed by atoms with Crippen LogP contribution in [0.4, 0.5) is 4.79 Å². The number of hydrogen-bond donors (Lipinski definition) is 0. The molecule has 0 aromatic carbocycles. The van der Waals surface area contributed by atoms with Gasteiger partial charge in [-0.05, 0) is 24.5 Å². The molecule has 0 aliphatic carbocycles. The van der Waals surface area contributed by atoms with Gasteiger partial charge in [0.1, 0.15) is 6.04 Å². The first-order chi connectivity index (χ1) is 9.19. The van der Waals surface area contributed by atoms with E-state index in [1.165, 1.54) is 12.0 Å². The van der Waals surface area contributed by atoms with Crippen LogP contribution in [0.15, 0.2) is 24.4 Å². The molecule has 0 unspecified atom stereocenters. The molecule has 102 valence electrons. The quantitative estimate of drug-likeness (QED) is 0.444. The lowest BCUT2D eigenvalue weighted by atomic mass is 10.1. The molecule has 4 heteroatoms. The number of hydrogen-bond acceptors (Lipinski definition) is 3. The highest BCUT2D eigenvalue weighted by Gasteiger charge is 2.19. The van der Waals surface area contributed by atoms with E-state index < -0.39 is 12.1 Å². The molecule has 0 fully saturated rings. The fourth-order valence-electron chi connectivity index (χ4n) is 1.65. The Morgan fingerprint density at radius 3 is 2.79 bits per heavy atom. The number of nitrogens with zero attached hydrogens (tertiary/aromatic N) is 1. The van der Waals surface area contributed by atoms with Crippen molar-refractivity contribution in [2.24, 2.45) is 0 Å². The summed E-state index contributed by atoms with van der Waals surface area (Å²) in [5.74, 6) is 5.32. The van der Waals surface area contributed by atoms with Crippen molar-refractivity contribution in [2.75, 3.05) is 7.11 Å². The fourth-order valence-corrected chi connectivity index (χ4v) is 1.65. The molecule has 0 saturated heterocycles. The smallest absolute Gasteiger partial charge is 0.414 e. The van der Waals surface area contributed by atoms with Crippen LogP contribution in [0.5, 0.6) is 0 Å². The molecule has 0 aromatic rings. The van der Waals surface area contributed by atoms with Crippen LogP contribution in [-0.2, 0) is 9.53 Å². The number of rotatable bonds is 4. The lowest BCUT2D eigenvalue weighted by molar-refractivity contribution is -0.113. The summed E-state index contributed by atoms with van der Waals surface area (Å²) in [7, 11) is 1.31. The molecule has 1 rings (SSSR count). The maximum absolute atomic E-state index is 11.6. The van der Waals surface area contributed by atoms with E-state index >= 15 is 0 Å². The van der Waals surface area contributed by atoms with Gasteiger partial charge in [-0.1, -0.05) is 31.8 Å². The molecule has 1 heterocycles. The van der Waals surface area contributed by atoms with Crippen LogP contribution in [0, 0.1) is 11.8 Å². The Morgan fingerprint density at radius 2 is 2.11 bits per heavy atom. The fraction of sp³-hybridized carbons (Fsp3) is 0.467. The van der Waals surface area contributed by atoms with Crippen molar-refractivity contribution < 1.29 is 14.3 Å². The molecule has 1 amide bonds. The first-order valence-electron chi connectivity index (χ1n) is 6.44. The lowest BCUT2D eigenvalue weighted by Gasteiger charge is -2.22. The van der Waals surface area contributed by atoms with Crippen LogP contribution in [0.1, 0.15) is 32.6 Å². The summed E-state index contributed by atoms with van der Waals surface area (Å²) in [6.07, 6.45) is 9.82. The molecule has 1 aliphatic rings. The van der Waals surface area contributed by atoms with Gasteiger partial charge in [-0.15, -0.1) is 0 Å². The highest BCUT2D eigenvalue weighted by molar-refractivity contribution is 5.95. The van der Waals surface area contributed by atoms with Gasteiger partial charge < -0.3 is 4.74 Å². The van der Waals surface area contributed by atoms with Crippen molar-refractivity contribution in [3.05, 3.63) is 24.4 Å². The van der Waals surface area contributed by atoms with Crippen LogP contribution in [0.25, 0.3) is 0 Å². The van der Waals surface area contributed by atoms with E-state index in [-0.39, 0.29) is 5.78 Å². The molecule has 0 bridgehead atoms. The number of ether oxygens (including phenoxy) is 1. The number of carbonyl (C=O) groups is 2. The summed E-state index contributed by atoms with van der Waals surface area (Å²) in [5.41, 5.74) is 0. The van der Waals surface area contributed by atoms with E-state index in [9.17, 15) is 9.59 Å². The minimum atomic E-state index is -0.488.